The summed E-state index contributed by atoms with van der Waals surface area (Å²) in [5, 5.41) is 20.2. The molecular weight excluding hydrogens is 401 g/mol. The minimum absolute atomic E-state index is 0.00135. The van der Waals surface area contributed by atoms with E-state index in [1.165, 1.54) is 55.0 Å². The van der Waals surface area contributed by atoms with Gasteiger partial charge in [0.2, 0.25) is 0 Å². The number of carbonyl (C=O) groups is 1. The number of aliphatic hydroxyl groups excluding tert-OH is 1. The second-order valence-corrected chi connectivity index (χ2v) is 7.96. The van der Waals surface area contributed by atoms with Gasteiger partial charge in [0.15, 0.2) is 0 Å². The SMILES string of the molecule is O=C(O)NCCc1cc(-c2cccc(CO)c2F)n(S(=O)(=O)c2cccnc2)c1. The molecule has 2 heterocycles. The highest BCUT2D eigenvalue weighted by Gasteiger charge is 2.24. The molecule has 0 aliphatic carbocycles. The van der Waals surface area contributed by atoms with Gasteiger partial charge in [0, 0.05) is 36.3 Å². The Kier molecular flexibility index (Phi) is 5.95. The van der Waals surface area contributed by atoms with Crippen LogP contribution in [0, 0.1) is 5.82 Å². The van der Waals surface area contributed by atoms with Crippen molar-refractivity contribution in [2.75, 3.05) is 6.54 Å². The lowest BCUT2D eigenvalue weighted by Gasteiger charge is -2.12. The molecule has 8 nitrogen and oxygen atoms in total. The standard InChI is InChI=1S/C19H18FN3O5S/c20-18-14(12-24)3-1-5-16(18)17-9-13(6-8-22-19(25)26)11-23(17)29(27,28)15-4-2-7-21-10-15/h1-5,7,9-11,22,24H,6,8,12H2,(H,25,26). The zero-order valence-electron chi connectivity index (χ0n) is 15.1. The second kappa shape index (κ2) is 8.41. The first kappa shape index (κ1) is 20.5. The Morgan fingerprint density at radius 2 is 2.03 bits per heavy atom. The smallest absolute Gasteiger partial charge is 0.404 e. The molecule has 0 fully saturated rings. The molecule has 0 radical (unpaired) electrons. The van der Waals surface area contributed by atoms with E-state index in [2.05, 4.69) is 10.3 Å². The number of amides is 1. The van der Waals surface area contributed by atoms with Gasteiger partial charge in [-0.25, -0.2) is 21.6 Å². The zero-order chi connectivity index (χ0) is 21.0. The van der Waals surface area contributed by atoms with Crippen LogP contribution < -0.4 is 5.32 Å². The first-order valence-electron chi connectivity index (χ1n) is 8.57. The molecule has 10 heteroatoms. The highest BCUT2D eigenvalue weighted by molar-refractivity contribution is 7.90. The van der Waals surface area contributed by atoms with Gasteiger partial charge < -0.3 is 15.5 Å². The van der Waals surface area contributed by atoms with Crippen molar-refractivity contribution in [2.24, 2.45) is 0 Å². The number of rotatable bonds is 7. The number of aliphatic hydroxyl groups is 1. The first-order chi connectivity index (χ1) is 13.8. The van der Waals surface area contributed by atoms with Gasteiger partial charge in [-0.2, -0.15) is 0 Å². The van der Waals surface area contributed by atoms with Crippen molar-refractivity contribution in [3.8, 4) is 11.3 Å². The second-order valence-electron chi connectivity index (χ2n) is 6.14. The molecule has 29 heavy (non-hydrogen) atoms. The van der Waals surface area contributed by atoms with Crippen LogP contribution in [-0.2, 0) is 23.1 Å². The summed E-state index contributed by atoms with van der Waals surface area (Å²) < 4.78 is 42.0. The van der Waals surface area contributed by atoms with Crippen molar-refractivity contribution in [3.63, 3.8) is 0 Å². The Bertz CT molecular complexity index is 1130. The number of hydrogen-bond acceptors (Lipinski definition) is 5. The van der Waals surface area contributed by atoms with Crippen LogP contribution in [0.2, 0.25) is 0 Å². The summed E-state index contributed by atoms with van der Waals surface area (Å²) in [4.78, 5) is 14.4. The molecule has 152 valence electrons. The summed E-state index contributed by atoms with van der Waals surface area (Å²) in [6, 6.07) is 8.66. The van der Waals surface area contributed by atoms with Crippen LogP contribution in [0.5, 0.6) is 0 Å². The third kappa shape index (κ3) is 4.28. The van der Waals surface area contributed by atoms with E-state index in [-0.39, 0.29) is 34.7 Å². The summed E-state index contributed by atoms with van der Waals surface area (Å²) in [6.45, 7) is -0.476. The molecule has 3 rings (SSSR count). The summed E-state index contributed by atoms with van der Waals surface area (Å²) in [6.07, 6.45) is 2.95. The van der Waals surface area contributed by atoms with Crippen molar-refractivity contribution in [1.29, 1.82) is 0 Å². The molecule has 0 unspecified atom stereocenters. The maximum Gasteiger partial charge on any atom is 0.404 e. The van der Waals surface area contributed by atoms with Crippen LogP contribution in [0.3, 0.4) is 0 Å². The Labute approximate surface area is 166 Å². The number of pyridine rings is 1. The molecule has 1 aromatic carbocycles. The highest BCUT2D eigenvalue weighted by Crippen LogP contribution is 2.30. The molecule has 0 saturated carbocycles. The van der Waals surface area contributed by atoms with E-state index >= 15 is 0 Å². The van der Waals surface area contributed by atoms with Gasteiger partial charge in [0.25, 0.3) is 10.0 Å². The molecule has 3 aromatic rings. The Morgan fingerprint density at radius 3 is 2.69 bits per heavy atom. The molecule has 2 aromatic heterocycles. The molecule has 1 amide bonds. The number of benzene rings is 1. The van der Waals surface area contributed by atoms with Crippen LogP contribution in [0.25, 0.3) is 11.3 Å². The molecule has 0 saturated heterocycles. The van der Waals surface area contributed by atoms with Crippen molar-refractivity contribution in [1.82, 2.24) is 14.3 Å². The van der Waals surface area contributed by atoms with Gasteiger partial charge in [-0.05, 0) is 36.2 Å². The average molecular weight is 419 g/mol. The van der Waals surface area contributed by atoms with Gasteiger partial charge in [0.1, 0.15) is 10.7 Å². The maximum atomic E-state index is 14.8. The zero-order valence-corrected chi connectivity index (χ0v) is 15.9. The summed E-state index contributed by atoms with van der Waals surface area (Å²) in [5.74, 6) is -0.731. The minimum atomic E-state index is -4.09. The van der Waals surface area contributed by atoms with E-state index in [1.807, 2.05) is 0 Å². The number of aromatic nitrogens is 2. The largest absolute Gasteiger partial charge is 0.465 e. The molecule has 0 atom stereocenters. The van der Waals surface area contributed by atoms with Crippen molar-refractivity contribution < 1.29 is 27.8 Å². The van der Waals surface area contributed by atoms with Crippen molar-refractivity contribution >= 4 is 16.1 Å². The van der Waals surface area contributed by atoms with Gasteiger partial charge in [0.05, 0.1) is 12.3 Å². The summed E-state index contributed by atoms with van der Waals surface area (Å²) >= 11 is 0. The number of carboxylic acid groups (broad SMARTS) is 1. The van der Waals surface area contributed by atoms with Gasteiger partial charge in [-0.15, -0.1) is 0 Å². The number of halogens is 1. The third-order valence-electron chi connectivity index (χ3n) is 4.25. The van der Waals surface area contributed by atoms with E-state index in [0.29, 0.717) is 5.56 Å². The molecule has 3 N–H and O–H groups in total. The lowest BCUT2D eigenvalue weighted by atomic mass is 10.1. The molecule has 0 bridgehead atoms. The van der Waals surface area contributed by atoms with E-state index in [0.717, 1.165) is 3.97 Å². The fourth-order valence-corrected chi connectivity index (χ4v) is 4.21. The van der Waals surface area contributed by atoms with E-state index in [9.17, 15) is 22.7 Å². The molecule has 0 aliphatic heterocycles. The van der Waals surface area contributed by atoms with Gasteiger partial charge in [-0.3, -0.25) is 4.98 Å². The predicted octanol–water partition coefficient (Wildman–Crippen LogP) is 2.23. The summed E-state index contributed by atoms with van der Waals surface area (Å²) in [7, 11) is -4.09. The molecule has 0 spiro atoms. The van der Waals surface area contributed by atoms with E-state index in [4.69, 9.17) is 5.11 Å². The lowest BCUT2D eigenvalue weighted by molar-refractivity contribution is 0.194. The summed E-state index contributed by atoms with van der Waals surface area (Å²) in [5.41, 5.74) is 0.589. The predicted molar refractivity (Wildman–Crippen MR) is 102 cm³/mol. The number of nitrogens with one attached hydrogen (secondary N) is 1. The van der Waals surface area contributed by atoms with Crippen LogP contribution in [-0.4, -0.2) is 40.2 Å². The maximum absolute atomic E-state index is 14.8. The van der Waals surface area contributed by atoms with Crippen molar-refractivity contribution in [3.05, 3.63) is 71.9 Å². The van der Waals surface area contributed by atoms with Crippen molar-refractivity contribution in [2.45, 2.75) is 17.9 Å². The van der Waals surface area contributed by atoms with E-state index < -0.39 is 28.5 Å². The normalized spacial score (nSPS) is 11.4. The quantitative estimate of drug-likeness (QED) is 0.540. The van der Waals surface area contributed by atoms with Gasteiger partial charge >= 0.3 is 6.09 Å². The lowest BCUT2D eigenvalue weighted by Crippen LogP contribution is -2.23. The minimum Gasteiger partial charge on any atom is -0.465 e. The van der Waals surface area contributed by atoms with Gasteiger partial charge in [-0.1, -0.05) is 12.1 Å². The average Bonchev–Trinajstić information content (AvgIpc) is 3.13. The van der Waals surface area contributed by atoms with Crippen LogP contribution in [0.1, 0.15) is 11.1 Å². The van der Waals surface area contributed by atoms with Crippen LogP contribution in [0.4, 0.5) is 9.18 Å². The fraction of sp³-hybridized carbons (Fsp3) is 0.158. The number of hydrogen-bond donors (Lipinski definition) is 3. The molecule has 0 aliphatic rings. The van der Waals surface area contributed by atoms with E-state index in [1.54, 1.807) is 0 Å². The Balaban J connectivity index is 2.14. The molecular formula is C19H18FN3O5S. The Morgan fingerprint density at radius 1 is 1.24 bits per heavy atom. The topological polar surface area (TPSA) is 122 Å². The Hall–Kier alpha value is -3.24. The number of nitrogens with zero attached hydrogens (tertiary/aromatic N) is 2. The fourth-order valence-electron chi connectivity index (χ4n) is 2.86. The third-order valence-corrected chi connectivity index (χ3v) is 5.91. The highest BCUT2D eigenvalue weighted by atomic mass is 32.2. The first-order valence-corrected chi connectivity index (χ1v) is 10.0. The van der Waals surface area contributed by atoms with Crippen LogP contribution in [0.15, 0.2) is 59.9 Å². The van der Waals surface area contributed by atoms with Crippen LogP contribution >= 0.6 is 0 Å². The monoisotopic (exact) mass is 419 g/mol.